The molecule has 0 aromatic heterocycles. The van der Waals surface area contributed by atoms with E-state index in [0.29, 0.717) is 17.0 Å². The third-order valence-corrected chi connectivity index (χ3v) is 3.99. The Kier molecular flexibility index (Phi) is 5.65. The number of nitrogens with zero attached hydrogens (tertiary/aromatic N) is 1. The fourth-order valence-electron chi connectivity index (χ4n) is 2.65. The number of carbonyl (C=O) groups is 3. The summed E-state index contributed by atoms with van der Waals surface area (Å²) in [6, 6.07) is 12.6. The van der Waals surface area contributed by atoms with Gasteiger partial charge in [0.15, 0.2) is 6.61 Å². The number of rotatable bonds is 5. The maximum atomic E-state index is 12.8. The lowest BCUT2D eigenvalue weighted by Crippen LogP contribution is -2.45. The second-order valence-corrected chi connectivity index (χ2v) is 5.95. The van der Waals surface area contributed by atoms with Gasteiger partial charge >= 0.3 is 0 Å². The first-order chi connectivity index (χ1) is 13.0. The normalized spacial score (nSPS) is 12.8. The van der Waals surface area contributed by atoms with Gasteiger partial charge in [0.05, 0.1) is 12.1 Å². The van der Waals surface area contributed by atoms with Gasteiger partial charge < -0.3 is 9.64 Å². The molecule has 0 saturated carbocycles. The molecule has 7 nitrogen and oxygen atoms in total. The van der Waals surface area contributed by atoms with Crippen molar-refractivity contribution in [3.05, 3.63) is 59.9 Å². The monoisotopic (exact) mass is 371 g/mol. The van der Waals surface area contributed by atoms with Crippen LogP contribution in [0.3, 0.4) is 0 Å². The molecule has 1 aliphatic heterocycles. The average Bonchev–Trinajstić information content (AvgIpc) is 2.67. The Hall–Kier alpha value is -3.42. The number of hydrazine groups is 1. The lowest BCUT2D eigenvalue weighted by atomic mass is 10.1. The van der Waals surface area contributed by atoms with E-state index in [2.05, 4.69) is 10.9 Å². The fraction of sp³-hybridized carbons (Fsp3) is 0.211. The Morgan fingerprint density at radius 2 is 1.74 bits per heavy atom. The molecule has 140 valence electrons. The summed E-state index contributed by atoms with van der Waals surface area (Å²) < 4.78 is 18.2. The van der Waals surface area contributed by atoms with Gasteiger partial charge in [-0.05, 0) is 29.8 Å². The standard InChI is InChI=1S/C19H18FN3O4/c20-14-7-5-13(6-8-14)11-18(25)22-21-17(24)9-10-23-15-3-1-2-4-16(15)27-12-19(23)26/h1-8H,9-12H2,(H,21,24)(H,22,25). The number of fused-ring (bicyclic) bond motifs is 1. The zero-order chi connectivity index (χ0) is 19.2. The lowest BCUT2D eigenvalue weighted by Gasteiger charge is -2.29. The highest BCUT2D eigenvalue weighted by Gasteiger charge is 2.25. The Morgan fingerprint density at radius 1 is 1.04 bits per heavy atom. The molecule has 3 amide bonds. The van der Waals surface area contributed by atoms with Gasteiger partial charge in [-0.25, -0.2) is 4.39 Å². The number of ether oxygens (including phenoxy) is 1. The largest absolute Gasteiger partial charge is 0.482 e. The first kappa shape index (κ1) is 18.4. The van der Waals surface area contributed by atoms with E-state index in [0.717, 1.165) is 0 Å². The van der Waals surface area contributed by atoms with Gasteiger partial charge in [-0.2, -0.15) is 0 Å². The van der Waals surface area contributed by atoms with Crippen LogP contribution in [-0.4, -0.2) is 30.9 Å². The maximum Gasteiger partial charge on any atom is 0.265 e. The molecular formula is C19H18FN3O4. The molecule has 0 saturated heterocycles. The molecule has 0 radical (unpaired) electrons. The molecule has 0 atom stereocenters. The number of hydrogen-bond donors (Lipinski definition) is 2. The van der Waals surface area contributed by atoms with Crippen molar-refractivity contribution < 1.29 is 23.5 Å². The van der Waals surface area contributed by atoms with E-state index in [1.807, 2.05) is 0 Å². The molecule has 8 heteroatoms. The van der Waals surface area contributed by atoms with E-state index in [1.54, 1.807) is 24.3 Å². The van der Waals surface area contributed by atoms with Crippen molar-refractivity contribution in [3.8, 4) is 5.75 Å². The summed E-state index contributed by atoms with van der Waals surface area (Å²) >= 11 is 0. The number of carbonyl (C=O) groups excluding carboxylic acids is 3. The molecule has 0 spiro atoms. The smallest absolute Gasteiger partial charge is 0.265 e. The minimum atomic E-state index is -0.431. The van der Waals surface area contributed by atoms with Crippen LogP contribution < -0.4 is 20.5 Å². The van der Waals surface area contributed by atoms with Crippen LogP contribution in [0.1, 0.15) is 12.0 Å². The second-order valence-electron chi connectivity index (χ2n) is 5.95. The minimum Gasteiger partial charge on any atom is -0.482 e. The first-order valence-electron chi connectivity index (χ1n) is 8.37. The summed E-state index contributed by atoms with van der Waals surface area (Å²) in [5.74, 6) is -0.888. The molecule has 1 heterocycles. The molecule has 2 N–H and O–H groups in total. The van der Waals surface area contributed by atoms with Gasteiger partial charge in [0, 0.05) is 13.0 Å². The van der Waals surface area contributed by atoms with E-state index in [9.17, 15) is 18.8 Å². The summed E-state index contributed by atoms with van der Waals surface area (Å²) in [7, 11) is 0. The predicted octanol–water partition coefficient (Wildman–Crippen LogP) is 1.33. The SMILES string of the molecule is O=C(CCN1C(=O)COc2ccccc21)NNC(=O)Cc1ccc(F)cc1. The molecular weight excluding hydrogens is 353 g/mol. The topological polar surface area (TPSA) is 87.7 Å². The fourth-order valence-corrected chi connectivity index (χ4v) is 2.65. The van der Waals surface area contributed by atoms with Crippen LogP contribution in [0.5, 0.6) is 5.75 Å². The number of hydrogen-bond acceptors (Lipinski definition) is 4. The molecule has 0 fully saturated rings. The summed E-state index contributed by atoms with van der Waals surface area (Å²) in [4.78, 5) is 37.3. The zero-order valence-corrected chi connectivity index (χ0v) is 14.4. The van der Waals surface area contributed by atoms with Crippen molar-refractivity contribution in [2.45, 2.75) is 12.8 Å². The number of amides is 3. The van der Waals surface area contributed by atoms with Crippen molar-refractivity contribution in [1.82, 2.24) is 10.9 Å². The quantitative estimate of drug-likeness (QED) is 0.777. The molecule has 1 aliphatic rings. The van der Waals surface area contributed by atoms with Crippen LogP contribution in [0.25, 0.3) is 0 Å². The van der Waals surface area contributed by atoms with Gasteiger partial charge in [-0.1, -0.05) is 24.3 Å². The van der Waals surface area contributed by atoms with Crippen LogP contribution in [0.4, 0.5) is 10.1 Å². The summed E-state index contributed by atoms with van der Waals surface area (Å²) in [5, 5.41) is 0. The number of nitrogens with one attached hydrogen (secondary N) is 2. The Balaban J connectivity index is 1.46. The molecule has 0 aliphatic carbocycles. The highest BCUT2D eigenvalue weighted by Crippen LogP contribution is 2.31. The van der Waals surface area contributed by atoms with Crippen molar-refractivity contribution in [1.29, 1.82) is 0 Å². The Bertz CT molecular complexity index is 854. The highest BCUT2D eigenvalue weighted by molar-refractivity contribution is 5.98. The van der Waals surface area contributed by atoms with Crippen molar-refractivity contribution >= 4 is 23.4 Å². The van der Waals surface area contributed by atoms with Crippen molar-refractivity contribution in [2.24, 2.45) is 0 Å². The number of para-hydroxylation sites is 2. The molecule has 0 unspecified atom stereocenters. The molecule has 0 bridgehead atoms. The van der Waals surface area contributed by atoms with Crippen LogP contribution in [0, 0.1) is 5.82 Å². The Labute approximate surface area is 155 Å². The van der Waals surface area contributed by atoms with Crippen LogP contribution >= 0.6 is 0 Å². The Morgan fingerprint density at radius 3 is 2.52 bits per heavy atom. The summed E-state index contributed by atoms with van der Waals surface area (Å²) in [5.41, 5.74) is 5.85. The summed E-state index contributed by atoms with van der Waals surface area (Å²) in [6.45, 7) is 0.0892. The van der Waals surface area contributed by atoms with Crippen LogP contribution in [-0.2, 0) is 20.8 Å². The average molecular weight is 371 g/mol. The third kappa shape index (κ3) is 4.81. The van der Waals surface area contributed by atoms with E-state index >= 15 is 0 Å². The van der Waals surface area contributed by atoms with Crippen LogP contribution in [0.15, 0.2) is 48.5 Å². The lowest BCUT2D eigenvalue weighted by molar-refractivity contribution is -0.128. The molecule has 27 heavy (non-hydrogen) atoms. The third-order valence-electron chi connectivity index (χ3n) is 3.99. The summed E-state index contributed by atoms with van der Waals surface area (Å²) in [6.07, 6.45) is 0.0206. The van der Waals surface area contributed by atoms with E-state index in [-0.39, 0.29) is 37.7 Å². The van der Waals surface area contributed by atoms with Gasteiger partial charge in [0.25, 0.3) is 5.91 Å². The van der Waals surface area contributed by atoms with Gasteiger partial charge in [0.1, 0.15) is 11.6 Å². The number of benzene rings is 2. The highest BCUT2D eigenvalue weighted by atomic mass is 19.1. The number of halogens is 1. The number of anilines is 1. The maximum absolute atomic E-state index is 12.8. The first-order valence-corrected chi connectivity index (χ1v) is 8.37. The van der Waals surface area contributed by atoms with E-state index < -0.39 is 11.8 Å². The van der Waals surface area contributed by atoms with Gasteiger partial charge in [0.2, 0.25) is 11.8 Å². The van der Waals surface area contributed by atoms with Crippen molar-refractivity contribution in [3.63, 3.8) is 0 Å². The van der Waals surface area contributed by atoms with Crippen molar-refractivity contribution in [2.75, 3.05) is 18.1 Å². The molecule has 2 aromatic carbocycles. The van der Waals surface area contributed by atoms with E-state index in [1.165, 1.54) is 29.2 Å². The minimum absolute atomic E-state index is 0.00981. The van der Waals surface area contributed by atoms with E-state index in [4.69, 9.17) is 4.74 Å². The predicted molar refractivity (Wildman–Crippen MR) is 95.3 cm³/mol. The van der Waals surface area contributed by atoms with Crippen LogP contribution in [0.2, 0.25) is 0 Å². The second kappa shape index (κ2) is 8.31. The zero-order valence-electron chi connectivity index (χ0n) is 14.4. The molecule has 3 rings (SSSR count). The molecule has 2 aromatic rings. The van der Waals surface area contributed by atoms with Gasteiger partial charge in [-0.3, -0.25) is 25.2 Å². The van der Waals surface area contributed by atoms with Gasteiger partial charge in [-0.15, -0.1) is 0 Å².